The van der Waals surface area contributed by atoms with Gasteiger partial charge in [-0.15, -0.1) is 0 Å². The number of rotatable bonds is 5. The lowest BCUT2D eigenvalue weighted by atomic mass is 9.97. The first-order valence-corrected chi connectivity index (χ1v) is 9.37. The fourth-order valence-electron chi connectivity index (χ4n) is 3.75. The maximum Gasteiger partial charge on any atom is 0.278 e. The van der Waals surface area contributed by atoms with Crippen LogP contribution in [0.15, 0.2) is 29.5 Å². The van der Waals surface area contributed by atoms with Crippen molar-refractivity contribution in [2.24, 2.45) is 11.0 Å². The summed E-state index contributed by atoms with van der Waals surface area (Å²) in [5, 5.41) is 14.1. The molecule has 0 spiro atoms. The molecule has 7 nitrogen and oxygen atoms in total. The molecule has 3 rings (SSSR count). The van der Waals surface area contributed by atoms with Gasteiger partial charge in [0.25, 0.3) is 5.96 Å². The molecule has 2 saturated heterocycles. The highest BCUT2D eigenvalue weighted by Gasteiger charge is 2.36. The van der Waals surface area contributed by atoms with E-state index in [0.717, 1.165) is 25.1 Å². The van der Waals surface area contributed by atoms with Gasteiger partial charge in [-0.25, -0.2) is 10.1 Å². The van der Waals surface area contributed by atoms with E-state index < -0.39 is 5.03 Å². The molecule has 1 atom stereocenters. The van der Waals surface area contributed by atoms with E-state index in [9.17, 15) is 10.1 Å². The molecular weight excluding hydrogens is 344 g/mol. The molecule has 7 heteroatoms. The van der Waals surface area contributed by atoms with Crippen LogP contribution in [0.1, 0.15) is 37.0 Å². The second-order valence-electron chi connectivity index (χ2n) is 8.08. The van der Waals surface area contributed by atoms with Crippen LogP contribution in [0.5, 0.6) is 0 Å². The highest BCUT2D eigenvalue weighted by Crippen LogP contribution is 2.30. The Balaban J connectivity index is 1.72. The van der Waals surface area contributed by atoms with Crippen LogP contribution in [0.25, 0.3) is 6.08 Å². The van der Waals surface area contributed by atoms with Gasteiger partial charge in [0, 0.05) is 31.8 Å². The average molecular weight is 372 g/mol. The lowest BCUT2D eigenvalue weighted by molar-refractivity contribution is -0.486. The Labute approximate surface area is 160 Å². The van der Waals surface area contributed by atoms with Crippen LogP contribution in [0, 0.1) is 29.9 Å². The Bertz CT molecular complexity index is 772. The molecule has 1 aromatic carbocycles. The van der Waals surface area contributed by atoms with Gasteiger partial charge in [-0.1, -0.05) is 18.2 Å². The first-order valence-electron chi connectivity index (χ1n) is 9.37. The van der Waals surface area contributed by atoms with Gasteiger partial charge in [-0.3, -0.25) is 0 Å². The Morgan fingerprint density at radius 2 is 2.11 bits per heavy atom. The maximum absolute atomic E-state index is 11.1. The van der Waals surface area contributed by atoms with Gasteiger partial charge in [-0.05, 0) is 56.9 Å². The number of nitro groups is 1. The van der Waals surface area contributed by atoms with Crippen molar-refractivity contribution >= 4 is 12.0 Å². The minimum atomic E-state index is -0.612. The molecule has 0 amide bonds. The summed E-state index contributed by atoms with van der Waals surface area (Å²) in [5.41, 5.74) is 3.43. The molecule has 2 fully saturated rings. The van der Waals surface area contributed by atoms with Crippen LogP contribution in [0.3, 0.4) is 0 Å². The zero-order chi connectivity index (χ0) is 19.6. The molecule has 0 saturated carbocycles. The van der Waals surface area contributed by atoms with Crippen LogP contribution in [0.4, 0.5) is 0 Å². The smallest absolute Gasteiger partial charge is 0.278 e. The third-order valence-electron chi connectivity index (χ3n) is 5.27. The van der Waals surface area contributed by atoms with E-state index in [2.05, 4.69) is 51.0 Å². The number of ether oxygens (including phenoxy) is 1. The van der Waals surface area contributed by atoms with E-state index in [-0.39, 0.29) is 5.60 Å². The SMILES string of the molecule is Cc1ccc(C=CN2CCN(CC3COC(C)(C)C3)C2=N[N+](=O)[O-])cc1C. The number of hydrazone groups is 1. The van der Waals surface area contributed by atoms with Gasteiger partial charge in [0.1, 0.15) is 5.10 Å². The van der Waals surface area contributed by atoms with Gasteiger partial charge >= 0.3 is 0 Å². The number of nitrogens with zero attached hydrogens (tertiary/aromatic N) is 4. The van der Waals surface area contributed by atoms with E-state index in [1.807, 2.05) is 22.1 Å². The van der Waals surface area contributed by atoms with Gasteiger partial charge in [0.2, 0.25) is 0 Å². The molecule has 2 heterocycles. The topological polar surface area (TPSA) is 71.2 Å². The van der Waals surface area contributed by atoms with Crippen LogP contribution >= 0.6 is 0 Å². The quantitative estimate of drug-likeness (QED) is 0.586. The third kappa shape index (κ3) is 4.86. The molecule has 2 aliphatic heterocycles. The van der Waals surface area contributed by atoms with Crippen molar-refractivity contribution in [1.29, 1.82) is 0 Å². The third-order valence-corrected chi connectivity index (χ3v) is 5.27. The lowest BCUT2D eigenvalue weighted by Gasteiger charge is -2.22. The van der Waals surface area contributed by atoms with E-state index in [1.165, 1.54) is 11.1 Å². The Kier molecular flexibility index (Phi) is 5.51. The van der Waals surface area contributed by atoms with Crippen molar-refractivity contribution in [2.45, 2.75) is 39.7 Å². The van der Waals surface area contributed by atoms with Crippen molar-refractivity contribution in [3.8, 4) is 0 Å². The molecule has 0 aliphatic carbocycles. The summed E-state index contributed by atoms with van der Waals surface area (Å²) in [7, 11) is 0. The molecule has 1 aromatic rings. The normalized spacial score (nSPS) is 23.7. The average Bonchev–Trinajstić information content (AvgIpc) is 3.12. The van der Waals surface area contributed by atoms with Crippen molar-refractivity contribution in [3.63, 3.8) is 0 Å². The van der Waals surface area contributed by atoms with Gasteiger partial charge in [0.15, 0.2) is 5.03 Å². The van der Waals surface area contributed by atoms with Crippen LogP contribution in [0.2, 0.25) is 0 Å². The standard InChI is InChI=1S/C20H28N4O3/c1-15-5-6-17(11-16(15)2)7-8-22-9-10-23(19(22)21-24(25)26)13-18-12-20(3,4)27-14-18/h5-8,11,18H,9-10,12-14H2,1-4H3. The van der Waals surface area contributed by atoms with Crippen molar-refractivity contribution in [3.05, 3.63) is 51.2 Å². The highest BCUT2D eigenvalue weighted by molar-refractivity contribution is 5.83. The summed E-state index contributed by atoms with van der Waals surface area (Å²) in [6, 6.07) is 6.25. The van der Waals surface area contributed by atoms with E-state index in [0.29, 0.717) is 25.0 Å². The van der Waals surface area contributed by atoms with Crippen molar-refractivity contribution < 1.29 is 9.77 Å². The van der Waals surface area contributed by atoms with Gasteiger partial charge < -0.3 is 14.5 Å². The molecule has 0 bridgehead atoms. The van der Waals surface area contributed by atoms with E-state index in [1.54, 1.807) is 0 Å². The molecule has 0 aromatic heterocycles. The molecule has 2 aliphatic rings. The minimum Gasteiger partial charge on any atom is -0.375 e. The summed E-state index contributed by atoms with van der Waals surface area (Å²) in [4.78, 5) is 14.9. The number of aryl methyl sites for hydroxylation is 2. The maximum atomic E-state index is 11.1. The van der Waals surface area contributed by atoms with Crippen LogP contribution < -0.4 is 0 Å². The highest BCUT2D eigenvalue weighted by atomic mass is 16.7. The van der Waals surface area contributed by atoms with E-state index in [4.69, 9.17) is 4.74 Å². The minimum absolute atomic E-state index is 0.117. The monoisotopic (exact) mass is 372 g/mol. The van der Waals surface area contributed by atoms with Gasteiger partial charge in [-0.2, -0.15) is 0 Å². The molecule has 0 N–H and O–H groups in total. The first-order chi connectivity index (χ1) is 12.7. The van der Waals surface area contributed by atoms with Gasteiger partial charge in [0.05, 0.1) is 12.2 Å². The fourth-order valence-corrected chi connectivity index (χ4v) is 3.75. The lowest BCUT2D eigenvalue weighted by Crippen LogP contribution is -2.35. The summed E-state index contributed by atoms with van der Waals surface area (Å²) in [5.74, 6) is 0.769. The van der Waals surface area contributed by atoms with Crippen LogP contribution in [-0.2, 0) is 4.74 Å². The second kappa shape index (κ2) is 7.68. The summed E-state index contributed by atoms with van der Waals surface area (Å²) in [6.07, 6.45) is 4.82. The number of guanidine groups is 1. The second-order valence-corrected chi connectivity index (χ2v) is 8.08. The molecule has 146 valence electrons. The largest absolute Gasteiger partial charge is 0.375 e. The summed E-state index contributed by atoms with van der Waals surface area (Å²) >= 11 is 0. The first kappa shape index (κ1) is 19.4. The molecule has 1 unspecified atom stereocenters. The Hall–Kier alpha value is -2.41. The zero-order valence-corrected chi connectivity index (χ0v) is 16.5. The van der Waals surface area contributed by atoms with E-state index >= 15 is 0 Å². The summed E-state index contributed by atoms with van der Waals surface area (Å²) in [6.45, 7) is 11.2. The summed E-state index contributed by atoms with van der Waals surface area (Å²) < 4.78 is 5.80. The molecular formula is C20H28N4O3. The van der Waals surface area contributed by atoms with Crippen LogP contribution in [-0.4, -0.2) is 52.6 Å². The number of hydrogen-bond acceptors (Lipinski definition) is 3. The molecule has 0 radical (unpaired) electrons. The molecule has 27 heavy (non-hydrogen) atoms. The van der Waals surface area contributed by atoms with Crippen molar-refractivity contribution in [1.82, 2.24) is 9.80 Å². The Morgan fingerprint density at radius 3 is 2.74 bits per heavy atom. The fraction of sp³-hybridized carbons (Fsp3) is 0.550. The Morgan fingerprint density at radius 1 is 1.33 bits per heavy atom. The predicted octanol–water partition coefficient (Wildman–Crippen LogP) is 3.25. The predicted molar refractivity (Wildman–Crippen MR) is 106 cm³/mol. The zero-order valence-electron chi connectivity index (χ0n) is 16.5. The van der Waals surface area contributed by atoms with Crippen molar-refractivity contribution in [2.75, 3.05) is 26.2 Å². The number of hydrogen-bond donors (Lipinski definition) is 0. The number of benzene rings is 1.